The van der Waals surface area contributed by atoms with E-state index in [1.54, 1.807) is 21.3 Å². The van der Waals surface area contributed by atoms with E-state index in [2.05, 4.69) is 24.4 Å². The Morgan fingerprint density at radius 2 is 1.59 bits per heavy atom. The lowest BCUT2D eigenvalue weighted by atomic mass is 10.1. The van der Waals surface area contributed by atoms with Gasteiger partial charge in [-0.05, 0) is 30.2 Å². The molecular formula is C21H29NO5. The van der Waals surface area contributed by atoms with Gasteiger partial charge in [0.2, 0.25) is 5.75 Å². The summed E-state index contributed by atoms with van der Waals surface area (Å²) in [5.41, 5.74) is 2.06. The number of hydrogen-bond acceptors (Lipinski definition) is 6. The summed E-state index contributed by atoms with van der Waals surface area (Å²) in [6.07, 6.45) is -0.599. The van der Waals surface area contributed by atoms with Crippen molar-refractivity contribution in [1.82, 2.24) is 5.32 Å². The molecule has 0 bridgehead atoms. The van der Waals surface area contributed by atoms with Crippen LogP contribution in [0.25, 0.3) is 0 Å². The molecule has 0 radical (unpaired) electrons. The van der Waals surface area contributed by atoms with Crippen molar-refractivity contribution in [2.75, 3.05) is 34.5 Å². The lowest BCUT2D eigenvalue weighted by molar-refractivity contribution is 0.0277. The first-order valence-electron chi connectivity index (χ1n) is 8.92. The third kappa shape index (κ3) is 6.13. The van der Waals surface area contributed by atoms with E-state index in [4.69, 9.17) is 18.9 Å². The molecule has 0 saturated carbocycles. The van der Waals surface area contributed by atoms with Gasteiger partial charge < -0.3 is 29.4 Å². The number of aliphatic hydroxyl groups excluding tert-OH is 1. The minimum Gasteiger partial charge on any atom is -0.493 e. The summed E-state index contributed by atoms with van der Waals surface area (Å²) in [7, 11) is 4.72. The van der Waals surface area contributed by atoms with Crippen molar-refractivity contribution in [2.45, 2.75) is 25.7 Å². The predicted molar refractivity (Wildman–Crippen MR) is 105 cm³/mol. The molecule has 6 heteroatoms. The van der Waals surface area contributed by atoms with Gasteiger partial charge in [-0.25, -0.2) is 0 Å². The van der Waals surface area contributed by atoms with Gasteiger partial charge in [0.25, 0.3) is 0 Å². The Bertz CT molecular complexity index is 667. The Labute approximate surface area is 161 Å². The first-order chi connectivity index (χ1) is 13.1. The van der Waals surface area contributed by atoms with Crippen molar-refractivity contribution in [3.8, 4) is 17.2 Å². The van der Waals surface area contributed by atoms with Crippen molar-refractivity contribution in [2.24, 2.45) is 0 Å². The second kappa shape index (κ2) is 10.8. The molecule has 0 saturated heterocycles. The van der Waals surface area contributed by atoms with Gasteiger partial charge in [0.05, 0.1) is 40.6 Å². The highest BCUT2D eigenvalue weighted by molar-refractivity contribution is 5.53. The third-order valence-corrected chi connectivity index (χ3v) is 4.26. The van der Waals surface area contributed by atoms with Crippen molar-refractivity contribution in [3.05, 3.63) is 53.6 Å². The molecule has 0 aliphatic heterocycles. The molecule has 0 aliphatic rings. The van der Waals surface area contributed by atoms with Crippen LogP contribution in [0.2, 0.25) is 0 Å². The molecule has 27 heavy (non-hydrogen) atoms. The van der Waals surface area contributed by atoms with E-state index in [1.807, 2.05) is 30.3 Å². The zero-order valence-corrected chi connectivity index (χ0v) is 16.4. The SMILES string of the molecule is COc1cc(COCC(O)CNC(C)c2ccccc2)cc(OC)c1OC. The van der Waals surface area contributed by atoms with Crippen LogP contribution in [0.4, 0.5) is 0 Å². The standard InChI is InChI=1S/C21H29NO5/c1-15(17-8-6-5-7-9-17)22-12-18(23)14-27-13-16-10-19(24-2)21(26-4)20(11-16)25-3/h5-11,15,18,22-23H,12-14H2,1-4H3. The van der Waals surface area contributed by atoms with E-state index in [-0.39, 0.29) is 12.6 Å². The molecule has 0 amide bonds. The Morgan fingerprint density at radius 3 is 2.15 bits per heavy atom. The van der Waals surface area contributed by atoms with Gasteiger partial charge in [0.1, 0.15) is 0 Å². The maximum Gasteiger partial charge on any atom is 0.203 e. The lowest BCUT2D eigenvalue weighted by Gasteiger charge is -2.18. The summed E-state index contributed by atoms with van der Waals surface area (Å²) < 4.78 is 21.6. The maximum atomic E-state index is 10.1. The van der Waals surface area contributed by atoms with E-state index in [1.165, 1.54) is 5.56 Å². The van der Waals surface area contributed by atoms with Crippen LogP contribution in [0, 0.1) is 0 Å². The van der Waals surface area contributed by atoms with Crippen LogP contribution in [0.5, 0.6) is 17.2 Å². The highest BCUT2D eigenvalue weighted by atomic mass is 16.5. The Morgan fingerprint density at radius 1 is 0.963 bits per heavy atom. The topological polar surface area (TPSA) is 69.2 Å². The molecule has 2 atom stereocenters. The zero-order chi connectivity index (χ0) is 19.6. The molecule has 2 N–H and O–H groups in total. The highest BCUT2D eigenvalue weighted by Gasteiger charge is 2.14. The van der Waals surface area contributed by atoms with Crippen LogP contribution in [0.15, 0.2) is 42.5 Å². The molecule has 0 fully saturated rings. The number of ether oxygens (including phenoxy) is 4. The van der Waals surface area contributed by atoms with Crippen LogP contribution < -0.4 is 19.5 Å². The summed E-state index contributed by atoms with van der Waals surface area (Å²) in [5, 5.41) is 13.5. The lowest BCUT2D eigenvalue weighted by Crippen LogP contribution is -2.32. The number of aliphatic hydroxyl groups is 1. The van der Waals surface area contributed by atoms with Crippen molar-refractivity contribution >= 4 is 0 Å². The highest BCUT2D eigenvalue weighted by Crippen LogP contribution is 2.38. The van der Waals surface area contributed by atoms with Gasteiger partial charge in [0, 0.05) is 12.6 Å². The van der Waals surface area contributed by atoms with Crippen LogP contribution >= 0.6 is 0 Å². The van der Waals surface area contributed by atoms with Gasteiger partial charge in [0.15, 0.2) is 11.5 Å². The van der Waals surface area contributed by atoms with Gasteiger partial charge in [-0.1, -0.05) is 30.3 Å². The summed E-state index contributed by atoms with van der Waals surface area (Å²) in [6.45, 7) is 3.08. The molecule has 2 aromatic carbocycles. The molecule has 6 nitrogen and oxygen atoms in total. The van der Waals surface area contributed by atoms with Gasteiger partial charge in [-0.2, -0.15) is 0 Å². The maximum absolute atomic E-state index is 10.1. The fourth-order valence-electron chi connectivity index (χ4n) is 2.76. The molecule has 0 aromatic heterocycles. The molecular weight excluding hydrogens is 346 g/mol. The average molecular weight is 375 g/mol. The molecule has 2 aromatic rings. The first-order valence-corrected chi connectivity index (χ1v) is 8.92. The van der Waals surface area contributed by atoms with Crippen LogP contribution in [-0.4, -0.2) is 45.7 Å². The molecule has 148 valence electrons. The van der Waals surface area contributed by atoms with Crippen LogP contribution in [0.1, 0.15) is 24.1 Å². The number of rotatable bonds is 11. The fraction of sp³-hybridized carbons (Fsp3) is 0.429. The third-order valence-electron chi connectivity index (χ3n) is 4.26. The quantitative estimate of drug-likeness (QED) is 0.629. The normalized spacial score (nSPS) is 13.1. The Hall–Kier alpha value is -2.28. The van der Waals surface area contributed by atoms with Gasteiger partial charge >= 0.3 is 0 Å². The number of benzene rings is 2. The average Bonchev–Trinajstić information content (AvgIpc) is 2.71. The Balaban J connectivity index is 1.81. The van der Waals surface area contributed by atoms with E-state index in [0.29, 0.717) is 30.4 Å². The summed E-state index contributed by atoms with van der Waals surface area (Å²) in [5.74, 6) is 1.70. The minimum atomic E-state index is -0.599. The van der Waals surface area contributed by atoms with Gasteiger partial charge in [-0.15, -0.1) is 0 Å². The molecule has 2 rings (SSSR count). The van der Waals surface area contributed by atoms with E-state index < -0.39 is 6.10 Å². The molecule has 2 unspecified atom stereocenters. The predicted octanol–water partition coefficient (Wildman–Crippen LogP) is 2.94. The van der Waals surface area contributed by atoms with Crippen LogP contribution in [0.3, 0.4) is 0 Å². The molecule has 0 heterocycles. The van der Waals surface area contributed by atoms with E-state index in [9.17, 15) is 5.11 Å². The van der Waals surface area contributed by atoms with E-state index >= 15 is 0 Å². The first kappa shape index (κ1) is 21.0. The summed E-state index contributed by atoms with van der Waals surface area (Å²) in [4.78, 5) is 0. The monoisotopic (exact) mass is 375 g/mol. The Kier molecular flexibility index (Phi) is 8.39. The number of hydrogen-bond donors (Lipinski definition) is 2. The minimum absolute atomic E-state index is 0.163. The van der Waals surface area contributed by atoms with Gasteiger partial charge in [-0.3, -0.25) is 0 Å². The smallest absolute Gasteiger partial charge is 0.203 e. The second-order valence-electron chi connectivity index (χ2n) is 6.24. The fourth-order valence-corrected chi connectivity index (χ4v) is 2.76. The zero-order valence-electron chi connectivity index (χ0n) is 16.4. The van der Waals surface area contributed by atoms with Crippen LogP contribution in [-0.2, 0) is 11.3 Å². The number of nitrogens with one attached hydrogen (secondary N) is 1. The largest absolute Gasteiger partial charge is 0.493 e. The van der Waals surface area contributed by atoms with Crippen molar-refractivity contribution in [1.29, 1.82) is 0 Å². The van der Waals surface area contributed by atoms with E-state index in [0.717, 1.165) is 5.56 Å². The van der Waals surface area contributed by atoms with Crippen molar-refractivity contribution in [3.63, 3.8) is 0 Å². The number of methoxy groups -OCH3 is 3. The summed E-state index contributed by atoms with van der Waals surface area (Å²) in [6, 6.07) is 14.0. The summed E-state index contributed by atoms with van der Waals surface area (Å²) >= 11 is 0. The second-order valence-corrected chi connectivity index (χ2v) is 6.24. The molecule has 0 spiro atoms. The molecule has 0 aliphatic carbocycles. The van der Waals surface area contributed by atoms with Crippen molar-refractivity contribution < 1.29 is 24.1 Å².